The van der Waals surface area contributed by atoms with E-state index in [0.29, 0.717) is 0 Å². The van der Waals surface area contributed by atoms with Crippen LogP contribution in [0.25, 0.3) is 10.4 Å². The van der Waals surface area contributed by atoms with Crippen LogP contribution in [0.15, 0.2) is 53.9 Å². The predicted octanol–water partition coefficient (Wildman–Crippen LogP) is 6.26. The first-order chi connectivity index (χ1) is 14.0. The number of aliphatic hydroxyl groups is 2. The third-order valence-corrected chi connectivity index (χ3v) is 7.03. The topological polar surface area (TPSA) is 40.5 Å². The van der Waals surface area contributed by atoms with E-state index in [1.807, 2.05) is 26.0 Å². The van der Waals surface area contributed by atoms with E-state index in [-0.39, 0.29) is 6.61 Å². The molecule has 0 fully saturated rings. The second-order valence-electron chi connectivity index (χ2n) is 7.76. The molecule has 2 aromatic carbocycles. The lowest BCUT2D eigenvalue weighted by Gasteiger charge is -2.27. The minimum atomic E-state index is -0.728. The molecule has 2 N–H and O–H groups in total. The maximum absolute atomic E-state index is 10.9. The van der Waals surface area contributed by atoms with Crippen molar-refractivity contribution < 1.29 is 10.2 Å². The Morgan fingerprint density at radius 2 is 1.48 bits per heavy atom. The molecule has 2 nitrogen and oxygen atoms in total. The number of hydrogen-bond donors (Lipinski definition) is 2. The maximum atomic E-state index is 10.9. The van der Waals surface area contributed by atoms with Gasteiger partial charge in [-0.2, -0.15) is 0 Å². The van der Waals surface area contributed by atoms with Gasteiger partial charge in [0.1, 0.15) is 0 Å². The van der Waals surface area contributed by atoms with Crippen LogP contribution in [0.2, 0.25) is 0 Å². The second-order valence-corrected chi connectivity index (χ2v) is 8.67. The van der Waals surface area contributed by atoms with E-state index in [2.05, 4.69) is 48.7 Å². The molecule has 29 heavy (non-hydrogen) atoms. The molecule has 0 amide bonds. The highest BCUT2D eigenvalue weighted by atomic mass is 32.1. The molecule has 3 heteroatoms. The van der Waals surface area contributed by atoms with E-state index in [1.165, 1.54) is 27.1 Å². The van der Waals surface area contributed by atoms with Gasteiger partial charge in [-0.3, -0.25) is 0 Å². The van der Waals surface area contributed by atoms with Crippen LogP contribution >= 0.6 is 11.3 Å². The molecule has 0 unspecified atom stereocenters. The van der Waals surface area contributed by atoms with Crippen molar-refractivity contribution in [2.24, 2.45) is 0 Å². The lowest BCUT2D eigenvalue weighted by atomic mass is 9.86. The zero-order valence-corrected chi connectivity index (χ0v) is 18.6. The fourth-order valence-electron chi connectivity index (χ4n) is 3.82. The second kappa shape index (κ2) is 9.71. The number of benzene rings is 2. The van der Waals surface area contributed by atoms with Crippen LogP contribution in [0.1, 0.15) is 61.4 Å². The van der Waals surface area contributed by atoms with Gasteiger partial charge in [0.05, 0.1) is 12.2 Å². The van der Waals surface area contributed by atoms with Gasteiger partial charge in [-0.05, 0) is 76.9 Å². The summed E-state index contributed by atoms with van der Waals surface area (Å²) in [5.74, 6) is 0. The Balaban J connectivity index is 1.76. The van der Waals surface area contributed by atoms with Crippen molar-refractivity contribution in [3.63, 3.8) is 0 Å². The van der Waals surface area contributed by atoms with Gasteiger partial charge < -0.3 is 10.2 Å². The van der Waals surface area contributed by atoms with E-state index in [9.17, 15) is 5.11 Å². The van der Waals surface area contributed by atoms with Crippen LogP contribution in [0.3, 0.4) is 0 Å². The largest absolute Gasteiger partial charge is 0.392 e. The molecule has 0 spiro atoms. The van der Waals surface area contributed by atoms with Gasteiger partial charge in [-0.15, -0.1) is 11.3 Å². The molecule has 0 saturated heterocycles. The molecule has 0 radical (unpaired) electrons. The van der Waals surface area contributed by atoms with Crippen molar-refractivity contribution in [3.05, 3.63) is 81.7 Å². The Morgan fingerprint density at radius 3 is 2.10 bits per heavy atom. The van der Waals surface area contributed by atoms with Gasteiger partial charge in [0, 0.05) is 4.88 Å². The summed E-state index contributed by atoms with van der Waals surface area (Å²) in [6, 6.07) is 17.0. The molecule has 154 valence electrons. The zero-order chi connectivity index (χ0) is 20.9. The zero-order valence-electron chi connectivity index (χ0n) is 17.7. The van der Waals surface area contributed by atoms with Crippen LogP contribution in [0, 0.1) is 0 Å². The number of thiophene rings is 1. The van der Waals surface area contributed by atoms with E-state index in [0.717, 1.165) is 43.2 Å². The standard InChI is InChI=1S/C26H32O2S/c1-4-22-16-23(26(28,5-2)6-3)13-14-24(22)25-15-21(18-29-25)12-9-19-7-10-20(17-27)11-8-19/h7-8,10-11,13-16,18,27-28H,4-6,9,12,17H2,1-3H3. The van der Waals surface area contributed by atoms with Crippen molar-refractivity contribution in [1.82, 2.24) is 0 Å². The molecule has 1 heterocycles. The Hall–Kier alpha value is -1.94. The smallest absolute Gasteiger partial charge is 0.0891 e. The molecule has 0 aliphatic heterocycles. The summed E-state index contributed by atoms with van der Waals surface area (Å²) in [6.07, 6.45) is 4.43. The predicted molar refractivity (Wildman–Crippen MR) is 123 cm³/mol. The summed E-state index contributed by atoms with van der Waals surface area (Å²) in [6.45, 7) is 6.38. The number of hydrogen-bond acceptors (Lipinski definition) is 3. The van der Waals surface area contributed by atoms with Crippen LogP contribution in [-0.4, -0.2) is 10.2 Å². The minimum Gasteiger partial charge on any atom is -0.392 e. The molecule has 1 aromatic heterocycles. The van der Waals surface area contributed by atoms with Gasteiger partial charge in [0.2, 0.25) is 0 Å². The van der Waals surface area contributed by atoms with E-state index in [1.54, 1.807) is 11.3 Å². The third-order valence-electron chi connectivity index (χ3n) is 6.02. The molecular weight excluding hydrogens is 376 g/mol. The average Bonchev–Trinajstić information content (AvgIpc) is 3.25. The monoisotopic (exact) mass is 408 g/mol. The quantitative estimate of drug-likeness (QED) is 0.438. The molecule has 0 atom stereocenters. The average molecular weight is 409 g/mol. The highest BCUT2D eigenvalue weighted by Crippen LogP contribution is 2.35. The summed E-state index contributed by atoms with van der Waals surface area (Å²) in [7, 11) is 0. The van der Waals surface area contributed by atoms with Crippen LogP contribution < -0.4 is 0 Å². The summed E-state index contributed by atoms with van der Waals surface area (Å²) < 4.78 is 0. The summed E-state index contributed by atoms with van der Waals surface area (Å²) >= 11 is 1.80. The highest BCUT2D eigenvalue weighted by Gasteiger charge is 2.25. The Kier molecular flexibility index (Phi) is 7.28. The first kappa shape index (κ1) is 21.8. The molecule has 0 aliphatic rings. The molecule has 0 aliphatic carbocycles. The Labute approximate surface area is 178 Å². The van der Waals surface area contributed by atoms with Crippen molar-refractivity contribution >= 4 is 11.3 Å². The molecule has 3 aromatic rings. The van der Waals surface area contributed by atoms with Gasteiger partial charge in [0.25, 0.3) is 0 Å². The van der Waals surface area contributed by atoms with Crippen LogP contribution in [0.4, 0.5) is 0 Å². The Morgan fingerprint density at radius 1 is 0.828 bits per heavy atom. The SMILES string of the molecule is CCc1cc(C(O)(CC)CC)ccc1-c1cc(CCc2ccc(CO)cc2)cs1. The third kappa shape index (κ3) is 4.98. The van der Waals surface area contributed by atoms with Crippen molar-refractivity contribution in [2.45, 2.75) is 65.1 Å². The molecule has 0 bridgehead atoms. The van der Waals surface area contributed by atoms with Crippen molar-refractivity contribution in [3.8, 4) is 10.4 Å². The molecule has 3 rings (SSSR count). The normalized spacial score (nSPS) is 11.8. The fraction of sp³-hybridized carbons (Fsp3) is 0.385. The lowest BCUT2D eigenvalue weighted by molar-refractivity contribution is 0.0283. The van der Waals surface area contributed by atoms with E-state index in [4.69, 9.17) is 5.11 Å². The van der Waals surface area contributed by atoms with E-state index >= 15 is 0 Å². The van der Waals surface area contributed by atoms with Crippen LogP contribution in [0.5, 0.6) is 0 Å². The van der Waals surface area contributed by atoms with Crippen molar-refractivity contribution in [1.29, 1.82) is 0 Å². The number of aliphatic hydroxyl groups excluding tert-OH is 1. The van der Waals surface area contributed by atoms with E-state index < -0.39 is 5.60 Å². The summed E-state index contributed by atoms with van der Waals surface area (Å²) in [5, 5.41) is 22.3. The lowest BCUT2D eigenvalue weighted by Crippen LogP contribution is -2.23. The first-order valence-electron chi connectivity index (χ1n) is 10.6. The van der Waals surface area contributed by atoms with Gasteiger partial charge in [0.15, 0.2) is 0 Å². The van der Waals surface area contributed by atoms with Crippen LogP contribution in [-0.2, 0) is 31.5 Å². The minimum absolute atomic E-state index is 0.0979. The number of aryl methyl sites for hydroxylation is 3. The maximum Gasteiger partial charge on any atom is 0.0891 e. The first-order valence-corrected chi connectivity index (χ1v) is 11.5. The van der Waals surface area contributed by atoms with Crippen molar-refractivity contribution in [2.75, 3.05) is 0 Å². The summed E-state index contributed by atoms with van der Waals surface area (Å²) in [4.78, 5) is 1.30. The molecular formula is C26H32O2S. The molecule has 0 saturated carbocycles. The van der Waals surface area contributed by atoms with Gasteiger partial charge in [-0.25, -0.2) is 0 Å². The summed E-state index contributed by atoms with van der Waals surface area (Å²) in [5.41, 5.74) is 6.51. The highest BCUT2D eigenvalue weighted by molar-refractivity contribution is 7.13. The van der Waals surface area contributed by atoms with Gasteiger partial charge in [-0.1, -0.05) is 63.2 Å². The number of rotatable bonds is 9. The fourth-order valence-corrected chi connectivity index (χ4v) is 4.83. The van der Waals surface area contributed by atoms with Gasteiger partial charge >= 0.3 is 0 Å². The Bertz CT molecular complexity index is 920.